The Morgan fingerprint density at radius 2 is 1.92 bits per heavy atom. The van der Waals surface area contributed by atoms with Crippen LogP contribution in [0.15, 0.2) is 53.6 Å². The molecule has 3 rings (SSSR count). The molecule has 1 aromatic carbocycles. The smallest absolute Gasteiger partial charge is 0.245 e. The van der Waals surface area contributed by atoms with Crippen molar-refractivity contribution in [3.05, 3.63) is 53.8 Å². The molecule has 1 aromatic heterocycles. The average molecular weight is 394 g/mol. The predicted octanol–water partition coefficient (Wildman–Crippen LogP) is 2.94. The molecule has 1 aliphatic rings. The summed E-state index contributed by atoms with van der Waals surface area (Å²) in [6.07, 6.45) is 3.54. The maximum Gasteiger partial charge on any atom is 0.245 e. The van der Waals surface area contributed by atoms with E-state index in [1.807, 2.05) is 0 Å². The van der Waals surface area contributed by atoms with E-state index in [2.05, 4.69) is 4.98 Å². The molecule has 1 fully saturated rings. The fraction of sp³-hybridized carbons (Fsp3) is 0.333. The summed E-state index contributed by atoms with van der Waals surface area (Å²) < 4.78 is 27.4. The average Bonchev–Trinajstić information content (AvgIpc) is 2.68. The van der Waals surface area contributed by atoms with Crippen LogP contribution in [-0.4, -0.2) is 43.2 Å². The quantitative estimate of drug-likeness (QED) is 0.749. The van der Waals surface area contributed by atoms with E-state index in [1.165, 1.54) is 15.4 Å². The first-order valence-corrected chi connectivity index (χ1v) is 10.2. The first kappa shape index (κ1) is 18.8. The second-order valence-corrected chi connectivity index (χ2v) is 8.45. The summed E-state index contributed by atoms with van der Waals surface area (Å²) in [7, 11) is -2.11. The zero-order valence-corrected chi connectivity index (χ0v) is 15.9. The number of pyridine rings is 1. The fourth-order valence-electron chi connectivity index (χ4n) is 3.08. The molecule has 1 atom stereocenters. The van der Waals surface area contributed by atoms with Gasteiger partial charge in [-0.05, 0) is 37.1 Å². The Balaban J connectivity index is 1.89. The molecule has 8 heteroatoms. The highest BCUT2D eigenvalue weighted by Gasteiger charge is 2.39. The number of anilines is 1. The molecule has 138 valence electrons. The predicted molar refractivity (Wildman–Crippen MR) is 101 cm³/mol. The first-order chi connectivity index (χ1) is 12.4. The molecule has 2 heterocycles. The maximum atomic E-state index is 13.0. The number of amides is 1. The molecule has 0 unspecified atom stereocenters. The van der Waals surface area contributed by atoms with Crippen LogP contribution in [0.2, 0.25) is 5.15 Å². The molecule has 0 aliphatic carbocycles. The summed E-state index contributed by atoms with van der Waals surface area (Å²) in [6.45, 7) is 0.334. The Bertz CT molecular complexity index is 872. The van der Waals surface area contributed by atoms with Crippen molar-refractivity contribution in [2.75, 3.05) is 18.5 Å². The third kappa shape index (κ3) is 3.75. The van der Waals surface area contributed by atoms with Crippen molar-refractivity contribution in [3.8, 4) is 0 Å². The van der Waals surface area contributed by atoms with E-state index in [1.54, 1.807) is 49.5 Å². The number of hydrogen-bond donors (Lipinski definition) is 0. The van der Waals surface area contributed by atoms with Gasteiger partial charge in [-0.1, -0.05) is 36.2 Å². The van der Waals surface area contributed by atoms with E-state index in [-0.39, 0.29) is 10.8 Å². The lowest BCUT2D eigenvalue weighted by atomic mass is 10.0. The molecule has 0 N–H and O–H groups in total. The molecule has 1 aliphatic heterocycles. The van der Waals surface area contributed by atoms with Crippen molar-refractivity contribution in [2.45, 2.75) is 30.2 Å². The number of halogens is 1. The largest absolute Gasteiger partial charge is 0.313 e. The van der Waals surface area contributed by atoms with Crippen LogP contribution in [0, 0.1) is 0 Å². The zero-order valence-electron chi connectivity index (χ0n) is 14.4. The van der Waals surface area contributed by atoms with Gasteiger partial charge in [0.05, 0.1) is 16.8 Å². The maximum absolute atomic E-state index is 13.0. The SMILES string of the molecule is CN(C(=O)[C@H]1CCCCN1S(=O)(=O)c1ccccc1)c1ccc(Cl)nc1. The summed E-state index contributed by atoms with van der Waals surface area (Å²) in [5.74, 6) is -0.270. The number of hydrogen-bond acceptors (Lipinski definition) is 4. The number of carbonyl (C=O) groups is 1. The second kappa shape index (κ2) is 7.73. The molecule has 0 saturated carbocycles. The minimum absolute atomic E-state index is 0.204. The van der Waals surface area contributed by atoms with Gasteiger partial charge in [0.15, 0.2) is 0 Å². The Morgan fingerprint density at radius 3 is 2.58 bits per heavy atom. The highest BCUT2D eigenvalue weighted by atomic mass is 35.5. The van der Waals surface area contributed by atoms with E-state index in [0.29, 0.717) is 23.8 Å². The summed E-state index contributed by atoms with van der Waals surface area (Å²) in [6, 6.07) is 10.8. The Hall–Kier alpha value is -1.96. The zero-order chi connectivity index (χ0) is 18.7. The molecule has 6 nitrogen and oxygen atoms in total. The molecule has 1 amide bonds. The van der Waals surface area contributed by atoms with Gasteiger partial charge in [0.1, 0.15) is 11.2 Å². The van der Waals surface area contributed by atoms with Crippen LogP contribution in [0.5, 0.6) is 0 Å². The van der Waals surface area contributed by atoms with Crippen molar-refractivity contribution >= 4 is 33.2 Å². The first-order valence-electron chi connectivity index (χ1n) is 8.37. The molecular formula is C18H20ClN3O3S. The van der Waals surface area contributed by atoms with Crippen LogP contribution in [0.4, 0.5) is 5.69 Å². The van der Waals surface area contributed by atoms with Gasteiger partial charge in [-0.2, -0.15) is 4.31 Å². The third-order valence-electron chi connectivity index (χ3n) is 4.52. The number of benzene rings is 1. The number of piperidine rings is 1. The number of carbonyl (C=O) groups excluding carboxylic acids is 1. The van der Waals surface area contributed by atoms with Crippen LogP contribution < -0.4 is 4.90 Å². The minimum atomic E-state index is -3.73. The van der Waals surface area contributed by atoms with E-state index in [9.17, 15) is 13.2 Å². The number of likely N-dealkylation sites (N-methyl/N-ethyl adjacent to an activating group) is 1. The van der Waals surface area contributed by atoms with Crippen molar-refractivity contribution < 1.29 is 13.2 Å². The molecule has 0 bridgehead atoms. The van der Waals surface area contributed by atoms with Gasteiger partial charge < -0.3 is 4.90 Å². The van der Waals surface area contributed by atoms with Gasteiger partial charge in [0.2, 0.25) is 15.9 Å². The monoisotopic (exact) mass is 393 g/mol. The third-order valence-corrected chi connectivity index (χ3v) is 6.66. The minimum Gasteiger partial charge on any atom is -0.313 e. The molecule has 26 heavy (non-hydrogen) atoms. The number of nitrogens with zero attached hydrogens (tertiary/aromatic N) is 3. The van der Waals surface area contributed by atoms with Crippen molar-refractivity contribution in [3.63, 3.8) is 0 Å². The van der Waals surface area contributed by atoms with Crippen LogP contribution >= 0.6 is 11.6 Å². The van der Waals surface area contributed by atoms with Gasteiger partial charge in [0.25, 0.3) is 0 Å². The molecular weight excluding hydrogens is 374 g/mol. The Morgan fingerprint density at radius 1 is 1.19 bits per heavy atom. The lowest BCUT2D eigenvalue weighted by molar-refractivity contribution is -0.122. The van der Waals surface area contributed by atoms with Crippen LogP contribution in [0.3, 0.4) is 0 Å². The van der Waals surface area contributed by atoms with Crippen LogP contribution in [0.1, 0.15) is 19.3 Å². The lowest BCUT2D eigenvalue weighted by Gasteiger charge is -2.35. The Labute approximate surface area is 158 Å². The van der Waals surface area contributed by atoms with Gasteiger partial charge in [-0.25, -0.2) is 13.4 Å². The van der Waals surface area contributed by atoms with E-state index < -0.39 is 16.1 Å². The summed E-state index contributed by atoms with van der Waals surface area (Å²) in [5, 5.41) is 0.334. The molecule has 1 saturated heterocycles. The molecule has 0 radical (unpaired) electrons. The van der Waals surface area contributed by atoms with Gasteiger partial charge in [0, 0.05) is 13.6 Å². The Kier molecular flexibility index (Phi) is 5.60. The summed E-state index contributed by atoms with van der Waals surface area (Å²) in [5.41, 5.74) is 0.571. The van der Waals surface area contributed by atoms with Gasteiger partial charge in [-0.15, -0.1) is 0 Å². The van der Waals surface area contributed by atoms with Crippen molar-refractivity contribution in [1.82, 2.24) is 9.29 Å². The van der Waals surface area contributed by atoms with Crippen LogP contribution in [0.25, 0.3) is 0 Å². The summed E-state index contributed by atoms with van der Waals surface area (Å²) >= 11 is 5.79. The number of aromatic nitrogens is 1. The molecule has 0 spiro atoms. The highest BCUT2D eigenvalue weighted by Crippen LogP contribution is 2.27. The van der Waals surface area contributed by atoms with E-state index in [4.69, 9.17) is 11.6 Å². The fourth-order valence-corrected chi connectivity index (χ4v) is 4.87. The number of sulfonamides is 1. The molecule has 2 aromatic rings. The standard InChI is InChI=1S/C18H20ClN3O3S/c1-21(14-10-11-17(19)20-13-14)18(23)16-9-5-6-12-22(16)26(24,25)15-7-3-2-4-8-15/h2-4,7-8,10-11,13,16H,5-6,9,12H2,1H3/t16-/m1/s1. The van der Waals surface area contributed by atoms with E-state index >= 15 is 0 Å². The second-order valence-electron chi connectivity index (χ2n) is 6.18. The summed E-state index contributed by atoms with van der Waals surface area (Å²) in [4.78, 5) is 18.7. The van der Waals surface area contributed by atoms with E-state index in [0.717, 1.165) is 12.8 Å². The van der Waals surface area contributed by atoms with Gasteiger partial charge >= 0.3 is 0 Å². The lowest BCUT2D eigenvalue weighted by Crippen LogP contribution is -2.52. The topological polar surface area (TPSA) is 70.6 Å². The van der Waals surface area contributed by atoms with Crippen molar-refractivity contribution in [2.24, 2.45) is 0 Å². The number of rotatable bonds is 4. The highest BCUT2D eigenvalue weighted by molar-refractivity contribution is 7.89. The van der Waals surface area contributed by atoms with Gasteiger partial charge in [-0.3, -0.25) is 4.79 Å². The normalized spacial score (nSPS) is 18.5. The van der Waals surface area contributed by atoms with Crippen molar-refractivity contribution in [1.29, 1.82) is 0 Å². The van der Waals surface area contributed by atoms with Crippen LogP contribution in [-0.2, 0) is 14.8 Å².